The minimum absolute atomic E-state index is 0.143. The summed E-state index contributed by atoms with van der Waals surface area (Å²) in [6.45, 7) is 6.23. The van der Waals surface area contributed by atoms with Crippen LogP contribution in [0.3, 0.4) is 0 Å². The van der Waals surface area contributed by atoms with Crippen LogP contribution in [0.2, 0.25) is 0 Å². The molecule has 0 fully saturated rings. The number of Topliss-reactive ketones (excluding diaryl/α,β-unsaturated/α-hetero) is 1. The van der Waals surface area contributed by atoms with E-state index in [0.717, 1.165) is 28.8 Å². The lowest BCUT2D eigenvalue weighted by atomic mass is 9.85. The van der Waals surface area contributed by atoms with E-state index in [0.29, 0.717) is 6.42 Å². The van der Waals surface area contributed by atoms with Gasteiger partial charge >= 0.3 is 0 Å². The summed E-state index contributed by atoms with van der Waals surface area (Å²) in [5.41, 5.74) is 5.01. The first-order valence-electron chi connectivity index (χ1n) is 7.72. The second kappa shape index (κ2) is 5.53. The number of nitrogens with zero attached hydrogens (tertiary/aromatic N) is 1. The van der Waals surface area contributed by atoms with Crippen molar-refractivity contribution in [3.05, 3.63) is 70.8 Å². The van der Waals surface area contributed by atoms with E-state index in [1.165, 1.54) is 5.56 Å². The van der Waals surface area contributed by atoms with E-state index in [-0.39, 0.29) is 11.3 Å². The number of benzene rings is 2. The molecule has 0 atom stereocenters. The Hall–Kier alpha value is -2.22. The van der Waals surface area contributed by atoms with Gasteiger partial charge in [-0.3, -0.25) is 9.79 Å². The van der Waals surface area contributed by atoms with Gasteiger partial charge in [0, 0.05) is 5.56 Å². The van der Waals surface area contributed by atoms with Crippen molar-refractivity contribution in [1.29, 1.82) is 0 Å². The van der Waals surface area contributed by atoms with Crippen molar-refractivity contribution in [2.45, 2.75) is 39.2 Å². The van der Waals surface area contributed by atoms with E-state index in [1.54, 1.807) is 0 Å². The van der Waals surface area contributed by atoms with E-state index < -0.39 is 0 Å². The predicted molar refractivity (Wildman–Crippen MR) is 90.9 cm³/mol. The molecular weight excluding hydrogens is 270 g/mol. The lowest BCUT2D eigenvalue weighted by molar-refractivity contribution is 0.1000. The molecule has 3 rings (SSSR count). The Morgan fingerprint density at radius 3 is 2.55 bits per heavy atom. The Balaban J connectivity index is 1.95. The second-order valence-electron chi connectivity index (χ2n) is 6.62. The van der Waals surface area contributed by atoms with Crippen LogP contribution in [0, 0.1) is 6.92 Å². The highest BCUT2D eigenvalue weighted by Crippen LogP contribution is 2.28. The van der Waals surface area contributed by atoms with Crippen LogP contribution in [0.5, 0.6) is 0 Å². The van der Waals surface area contributed by atoms with Crippen LogP contribution in [0.1, 0.15) is 47.3 Å². The van der Waals surface area contributed by atoms with Crippen molar-refractivity contribution in [1.82, 2.24) is 0 Å². The maximum atomic E-state index is 12.7. The zero-order chi connectivity index (χ0) is 15.7. The molecule has 0 spiro atoms. The molecule has 0 saturated carbocycles. The van der Waals surface area contributed by atoms with Crippen LogP contribution >= 0.6 is 0 Å². The van der Waals surface area contributed by atoms with E-state index in [1.807, 2.05) is 37.3 Å². The number of aryl methyl sites for hydroxylation is 1. The maximum Gasteiger partial charge on any atom is 0.169 e. The summed E-state index contributed by atoms with van der Waals surface area (Å²) in [6.07, 6.45) is 1.29. The fourth-order valence-corrected chi connectivity index (χ4v) is 3.15. The molecular formula is C20H21NO. The van der Waals surface area contributed by atoms with Crippen molar-refractivity contribution >= 4 is 11.5 Å². The van der Waals surface area contributed by atoms with Crippen LogP contribution in [0.25, 0.3) is 0 Å². The molecule has 2 nitrogen and oxygen atoms in total. The average molecular weight is 291 g/mol. The number of carbonyl (C=O) groups is 1. The highest BCUT2D eigenvalue weighted by atomic mass is 16.1. The molecule has 112 valence electrons. The third-order valence-corrected chi connectivity index (χ3v) is 4.16. The zero-order valence-electron chi connectivity index (χ0n) is 13.4. The van der Waals surface area contributed by atoms with Crippen molar-refractivity contribution in [3.63, 3.8) is 0 Å². The minimum Gasteiger partial charge on any atom is -0.294 e. The van der Waals surface area contributed by atoms with Gasteiger partial charge in [-0.25, -0.2) is 0 Å². The summed E-state index contributed by atoms with van der Waals surface area (Å²) in [5, 5.41) is 0. The molecule has 0 N–H and O–H groups in total. The molecule has 22 heavy (non-hydrogen) atoms. The van der Waals surface area contributed by atoms with Crippen LogP contribution < -0.4 is 0 Å². The average Bonchev–Trinajstić information content (AvgIpc) is 2.46. The van der Waals surface area contributed by atoms with Gasteiger partial charge in [-0.1, -0.05) is 48.5 Å². The highest BCUT2D eigenvalue weighted by Gasteiger charge is 2.27. The number of hydrogen-bond donors (Lipinski definition) is 0. The first-order valence-corrected chi connectivity index (χ1v) is 7.72. The van der Waals surface area contributed by atoms with Crippen LogP contribution in [-0.4, -0.2) is 17.0 Å². The van der Waals surface area contributed by atoms with Crippen LogP contribution in [0.15, 0.2) is 53.5 Å². The second-order valence-corrected chi connectivity index (χ2v) is 6.62. The molecule has 0 radical (unpaired) electrons. The first kappa shape index (κ1) is 14.7. The van der Waals surface area contributed by atoms with E-state index in [4.69, 9.17) is 4.99 Å². The van der Waals surface area contributed by atoms with Crippen molar-refractivity contribution in [2.24, 2.45) is 4.99 Å². The molecule has 2 aromatic rings. The third-order valence-electron chi connectivity index (χ3n) is 4.16. The van der Waals surface area contributed by atoms with Crippen molar-refractivity contribution < 1.29 is 4.79 Å². The summed E-state index contributed by atoms with van der Waals surface area (Å²) >= 11 is 0. The molecule has 2 heteroatoms. The van der Waals surface area contributed by atoms with Crippen molar-refractivity contribution in [3.8, 4) is 0 Å². The van der Waals surface area contributed by atoms with E-state index in [2.05, 4.69) is 32.0 Å². The van der Waals surface area contributed by atoms with Gasteiger partial charge in [-0.05, 0) is 43.9 Å². The highest BCUT2D eigenvalue weighted by molar-refractivity contribution is 6.17. The van der Waals surface area contributed by atoms with Gasteiger partial charge in [0.25, 0.3) is 0 Å². The Bertz CT molecular complexity index is 756. The Morgan fingerprint density at radius 2 is 1.77 bits per heavy atom. The first-order chi connectivity index (χ1) is 10.5. The summed E-state index contributed by atoms with van der Waals surface area (Å²) in [6, 6.07) is 16.1. The molecule has 0 saturated heterocycles. The standard InChI is InChI=1S/C20H21NO/c1-14-8-4-6-10-16(14)19(22)12-18-17-11-7-5-9-15(17)13-20(2,3)21-18/h4-11H,12-13H2,1-3H3. The van der Waals surface area contributed by atoms with E-state index >= 15 is 0 Å². The van der Waals surface area contributed by atoms with Gasteiger partial charge in [0.2, 0.25) is 0 Å². The molecule has 0 amide bonds. The molecule has 2 aromatic carbocycles. The number of hydrogen-bond acceptors (Lipinski definition) is 2. The van der Waals surface area contributed by atoms with Gasteiger partial charge in [-0.2, -0.15) is 0 Å². The number of aliphatic imine (C=N–C) groups is 1. The van der Waals surface area contributed by atoms with E-state index in [9.17, 15) is 4.79 Å². The number of rotatable bonds is 3. The quantitative estimate of drug-likeness (QED) is 0.771. The molecule has 0 aromatic heterocycles. The fraction of sp³-hybridized carbons (Fsp3) is 0.300. The minimum atomic E-state index is -0.143. The van der Waals surface area contributed by atoms with Gasteiger partial charge in [-0.15, -0.1) is 0 Å². The molecule has 1 aliphatic heterocycles. The SMILES string of the molecule is Cc1ccccc1C(=O)CC1=NC(C)(C)Cc2ccccc21. The summed E-state index contributed by atoms with van der Waals surface area (Å²) in [5.74, 6) is 0.143. The Labute approximate surface area is 131 Å². The molecule has 0 aliphatic carbocycles. The Morgan fingerprint density at radius 1 is 1.09 bits per heavy atom. The smallest absolute Gasteiger partial charge is 0.169 e. The molecule has 1 heterocycles. The van der Waals surface area contributed by atoms with Gasteiger partial charge in [0.1, 0.15) is 0 Å². The monoisotopic (exact) mass is 291 g/mol. The number of ketones is 1. The number of fused-ring (bicyclic) bond motifs is 1. The molecule has 0 unspecified atom stereocenters. The number of carbonyl (C=O) groups excluding carboxylic acids is 1. The normalized spacial score (nSPS) is 15.9. The lowest BCUT2D eigenvalue weighted by Gasteiger charge is -2.29. The predicted octanol–water partition coefficient (Wildman–Crippen LogP) is 4.39. The van der Waals surface area contributed by atoms with Gasteiger partial charge in [0.05, 0.1) is 17.7 Å². The topological polar surface area (TPSA) is 29.4 Å². The maximum absolute atomic E-state index is 12.7. The Kier molecular flexibility index (Phi) is 3.69. The van der Waals surface area contributed by atoms with Gasteiger partial charge < -0.3 is 0 Å². The summed E-state index contributed by atoms with van der Waals surface area (Å²) in [4.78, 5) is 17.5. The fourth-order valence-electron chi connectivity index (χ4n) is 3.15. The summed E-state index contributed by atoms with van der Waals surface area (Å²) < 4.78 is 0. The summed E-state index contributed by atoms with van der Waals surface area (Å²) in [7, 11) is 0. The lowest BCUT2D eigenvalue weighted by Crippen LogP contribution is -2.30. The molecule has 0 bridgehead atoms. The third kappa shape index (κ3) is 2.87. The molecule has 1 aliphatic rings. The van der Waals surface area contributed by atoms with Gasteiger partial charge in [0.15, 0.2) is 5.78 Å². The van der Waals surface area contributed by atoms with Crippen LogP contribution in [0.4, 0.5) is 0 Å². The largest absolute Gasteiger partial charge is 0.294 e. The van der Waals surface area contributed by atoms with Crippen molar-refractivity contribution in [2.75, 3.05) is 0 Å². The van der Waals surface area contributed by atoms with Crippen LogP contribution in [-0.2, 0) is 6.42 Å². The zero-order valence-corrected chi connectivity index (χ0v) is 13.4.